The van der Waals surface area contributed by atoms with E-state index in [-0.39, 0.29) is 11.6 Å². The summed E-state index contributed by atoms with van der Waals surface area (Å²) in [6.07, 6.45) is 4.39. The number of rotatable bonds is 4. The maximum atomic E-state index is 6.60. The summed E-state index contributed by atoms with van der Waals surface area (Å²) in [7, 11) is 3.49. The summed E-state index contributed by atoms with van der Waals surface area (Å²) < 4.78 is 11.4. The van der Waals surface area contributed by atoms with Crippen LogP contribution in [0.25, 0.3) is 0 Å². The van der Waals surface area contributed by atoms with Gasteiger partial charge in [-0.15, -0.1) is 0 Å². The highest BCUT2D eigenvalue weighted by Crippen LogP contribution is 2.43. The van der Waals surface area contributed by atoms with Crippen LogP contribution in [0.3, 0.4) is 0 Å². The first-order chi connectivity index (χ1) is 9.52. The smallest absolute Gasteiger partial charge is 0.123 e. The highest BCUT2D eigenvalue weighted by atomic mass is 16.5. The van der Waals surface area contributed by atoms with Gasteiger partial charge in [0, 0.05) is 12.7 Å². The van der Waals surface area contributed by atoms with E-state index in [0.717, 1.165) is 30.1 Å². The first-order valence-electron chi connectivity index (χ1n) is 7.47. The quantitative estimate of drug-likeness (QED) is 0.914. The minimum absolute atomic E-state index is 0.144. The van der Waals surface area contributed by atoms with E-state index in [1.165, 1.54) is 18.4 Å². The van der Waals surface area contributed by atoms with Gasteiger partial charge >= 0.3 is 0 Å². The first-order valence-corrected chi connectivity index (χ1v) is 7.47. The lowest BCUT2D eigenvalue weighted by molar-refractivity contribution is -0.0675. The third kappa shape index (κ3) is 2.84. The summed E-state index contributed by atoms with van der Waals surface area (Å²) >= 11 is 0. The lowest BCUT2D eigenvalue weighted by atomic mass is 9.73. The highest BCUT2D eigenvalue weighted by molar-refractivity contribution is 5.40. The third-order valence-corrected chi connectivity index (χ3v) is 4.81. The van der Waals surface area contributed by atoms with Crippen LogP contribution in [0.1, 0.15) is 49.8 Å². The van der Waals surface area contributed by atoms with E-state index in [1.807, 2.05) is 6.07 Å². The predicted octanol–water partition coefficient (Wildman–Crippen LogP) is 3.60. The van der Waals surface area contributed by atoms with E-state index in [2.05, 4.69) is 26.0 Å². The molecule has 3 heteroatoms. The Kier molecular flexibility index (Phi) is 4.71. The molecule has 1 aromatic rings. The van der Waals surface area contributed by atoms with Crippen LogP contribution < -0.4 is 10.5 Å². The number of hydrogen-bond acceptors (Lipinski definition) is 3. The Morgan fingerprint density at radius 3 is 2.45 bits per heavy atom. The zero-order chi connectivity index (χ0) is 14.8. The van der Waals surface area contributed by atoms with Crippen LogP contribution in [0.2, 0.25) is 0 Å². The molecule has 1 aliphatic rings. The Morgan fingerprint density at radius 2 is 1.90 bits per heavy atom. The lowest BCUT2D eigenvalue weighted by Gasteiger charge is -2.43. The van der Waals surface area contributed by atoms with Gasteiger partial charge in [0.25, 0.3) is 0 Å². The lowest BCUT2D eigenvalue weighted by Crippen LogP contribution is -2.45. The first kappa shape index (κ1) is 15.3. The molecule has 112 valence electrons. The van der Waals surface area contributed by atoms with Crippen molar-refractivity contribution in [2.75, 3.05) is 14.2 Å². The molecule has 2 rings (SSSR count). The Hall–Kier alpha value is -1.06. The van der Waals surface area contributed by atoms with Gasteiger partial charge in [0.2, 0.25) is 0 Å². The van der Waals surface area contributed by atoms with Crippen LogP contribution in [0.15, 0.2) is 18.2 Å². The maximum absolute atomic E-state index is 6.60. The Morgan fingerprint density at radius 1 is 1.25 bits per heavy atom. The number of ether oxygens (including phenoxy) is 2. The molecular weight excluding hydrogens is 250 g/mol. The molecule has 1 atom stereocenters. The van der Waals surface area contributed by atoms with Crippen molar-refractivity contribution in [3.05, 3.63) is 29.3 Å². The molecule has 0 saturated heterocycles. The van der Waals surface area contributed by atoms with Crippen molar-refractivity contribution < 1.29 is 9.47 Å². The minimum atomic E-state index is -0.256. The van der Waals surface area contributed by atoms with E-state index in [9.17, 15) is 0 Å². The van der Waals surface area contributed by atoms with Crippen LogP contribution in [0.4, 0.5) is 0 Å². The van der Waals surface area contributed by atoms with E-state index in [4.69, 9.17) is 15.2 Å². The molecule has 1 fully saturated rings. The molecule has 0 bridgehead atoms. The molecule has 1 aliphatic carbocycles. The van der Waals surface area contributed by atoms with Gasteiger partial charge in [-0.05, 0) is 44.6 Å². The van der Waals surface area contributed by atoms with Crippen LogP contribution in [-0.2, 0) is 4.74 Å². The molecule has 0 heterocycles. The van der Waals surface area contributed by atoms with Crippen molar-refractivity contribution in [3.63, 3.8) is 0 Å². The number of nitrogens with two attached hydrogens (primary N) is 1. The van der Waals surface area contributed by atoms with Gasteiger partial charge < -0.3 is 15.2 Å². The average Bonchev–Trinajstić information content (AvgIpc) is 2.47. The minimum Gasteiger partial charge on any atom is -0.496 e. The number of benzene rings is 1. The van der Waals surface area contributed by atoms with Gasteiger partial charge in [-0.3, -0.25) is 0 Å². The Balaban J connectivity index is 2.33. The van der Waals surface area contributed by atoms with Crippen LogP contribution in [-0.4, -0.2) is 19.8 Å². The molecule has 2 N–H and O–H groups in total. The molecule has 0 aliphatic heterocycles. The fraction of sp³-hybridized carbons (Fsp3) is 0.647. The van der Waals surface area contributed by atoms with Crippen molar-refractivity contribution in [2.45, 2.75) is 51.2 Å². The van der Waals surface area contributed by atoms with Gasteiger partial charge in [0.15, 0.2) is 0 Å². The van der Waals surface area contributed by atoms with Crippen molar-refractivity contribution in [3.8, 4) is 5.75 Å². The fourth-order valence-corrected chi connectivity index (χ4v) is 3.27. The van der Waals surface area contributed by atoms with E-state index in [0.29, 0.717) is 0 Å². The molecule has 3 nitrogen and oxygen atoms in total. The Labute approximate surface area is 122 Å². The summed E-state index contributed by atoms with van der Waals surface area (Å²) in [6.45, 7) is 4.39. The summed E-state index contributed by atoms with van der Waals surface area (Å²) in [6, 6.07) is 6.04. The largest absolute Gasteiger partial charge is 0.496 e. The molecule has 1 unspecified atom stereocenters. The average molecular weight is 277 g/mol. The molecular formula is C17H27NO2. The van der Waals surface area contributed by atoms with E-state index < -0.39 is 0 Å². The van der Waals surface area contributed by atoms with Crippen molar-refractivity contribution >= 4 is 0 Å². The highest BCUT2D eigenvalue weighted by Gasteiger charge is 2.41. The summed E-state index contributed by atoms with van der Waals surface area (Å²) in [5, 5.41) is 0. The second-order valence-electron chi connectivity index (χ2n) is 6.17. The normalized spacial score (nSPS) is 28.1. The number of hydrogen-bond donors (Lipinski definition) is 1. The molecule has 1 saturated carbocycles. The molecule has 1 aromatic carbocycles. The van der Waals surface area contributed by atoms with Crippen LogP contribution >= 0.6 is 0 Å². The van der Waals surface area contributed by atoms with E-state index in [1.54, 1.807) is 14.2 Å². The molecule has 20 heavy (non-hydrogen) atoms. The summed E-state index contributed by atoms with van der Waals surface area (Å²) in [4.78, 5) is 0. The molecule has 0 amide bonds. The molecule has 0 aromatic heterocycles. The zero-order valence-corrected chi connectivity index (χ0v) is 13.1. The SMILES string of the molecule is COc1ccc(C)cc1C(N)C1(OC)CCC(C)CC1. The maximum Gasteiger partial charge on any atom is 0.123 e. The summed E-state index contributed by atoms with van der Waals surface area (Å²) in [5.41, 5.74) is 8.60. The Bertz CT molecular complexity index is 450. The second kappa shape index (κ2) is 6.15. The number of aryl methyl sites for hydroxylation is 1. The van der Waals surface area contributed by atoms with Gasteiger partial charge in [-0.25, -0.2) is 0 Å². The van der Waals surface area contributed by atoms with Crippen molar-refractivity contribution in [1.82, 2.24) is 0 Å². The molecule has 0 spiro atoms. The van der Waals surface area contributed by atoms with Crippen LogP contribution in [0.5, 0.6) is 5.75 Å². The topological polar surface area (TPSA) is 44.5 Å². The third-order valence-electron chi connectivity index (χ3n) is 4.81. The number of methoxy groups -OCH3 is 2. The second-order valence-corrected chi connectivity index (χ2v) is 6.17. The zero-order valence-electron chi connectivity index (χ0n) is 13.1. The molecule has 0 radical (unpaired) electrons. The van der Waals surface area contributed by atoms with Gasteiger partial charge in [-0.1, -0.05) is 24.6 Å². The van der Waals surface area contributed by atoms with Crippen molar-refractivity contribution in [1.29, 1.82) is 0 Å². The van der Waals surface area contributed by atoms with Crippen molar-refractivity contribution in [2.24, 2.45) is 11.7 Å². The van der Waals surface area contributed by atoms with E-state index >= 15 is 0 Å². The summed E-state index contributed by atoms with van der Waals surface area (Å²) in [5.74, 6) is 1.63. The monoisotopic (exact) mass is 277 g/mol. The predicted molar refractivity (Wildman–Crippen MR) is 82.0 cm³/mol. The standard InChI is InChI=1S/C17H27NO2/c1-12-7-9-17(20-4,10-8-12)16(18)14-11-13(2)5-6-15(14)19-3/h5-6,11-12,16H,7-10,18H2,1-4H3. The van der Waals surface area contributed by atoms with Gasteiger partial charge in [-0.2, -0.15) is 0 Å². The van der Waals surface area contributed by atoms with Gasteiger partial charge in [0.1, 0.15) is 5.75 Å². The van der Waals surface area contributed by atoms with Gasteiger partial charge in [0.05, 0.1) is 18.8 Å². The van der Waals surface area contributed by atoms with Crippen LogP contribution in [0, 0.1) is 12.8 Å². The fourth-order valence-electron chi connectivity index (χ4n) is 3.27.